The summed E-state index contributed by atoms with van der Waals surface area (Å²) >= 11 is 0. The fraction of sp³-hybridized carbons (Fsp3) is 0.385. The van der Waals surface area contributed by atoms with E-state index >= 15 is 0 Å². The number of hydrogen-bond donors (Lipinski definition) is 1. The predicted molar refractivity (Wildman–Crippen MR) is 138 cm³/mol. The number of hydrogen-bond acceptors (Lipinski definition) is 7. The zero-order chi connectivity index (χ0) is 26.3. The van der Waals surface area contributed by atoms with Gasteiger partial charge < -0.3 is 15.1 Å². The van der Waals surface area contributed by atoms with E-state index in [4.69, 9.17) is 0 Å². The Balaban J connectivity index is 1.40. The van der Waals surface area contributed by atoms with Crippen molar-refractivity contribution in [2.45, 2.75) is 33.0 Å². The molecule has 1 atom stereocenters. The SMILES string of the molecule is Cc1c([C@@H](C)Nc2nnc(C)c3ncc(N4CCN(c5cnn(C)c5)CC4)cc23)cccc1C(F)(F)F. The fourth-order valence-electron chi connectivity index (χ4n) is 4.94. The van der Waals surface area contributed by atoms with Gasteiger partial charge in [-0.3, -0.25) is 9.67 Å². The average Bonchev–Trinajstić information content (AvgIpc) is 3.31. The molecule has 3 aromatic heterocycles. The molecule has 0 radical (unpaired) electrons. The Bertz CT molecular complexity index is 1420. The number of piperazine rings is 1. The maximum Gasteiger partial charge on any atom is 0.416 e. The number of halogens is 3. The van der Waals surface area contributed by atoms with E-state index in [1.807, 2.05) is 45.6 Å². The summed E-state index contributed by atoms with van der Waals surface area (Å²) in [5.41, 5.74) is 3.60. The second-order valence-electron chi connectivity index (χ2n) is 9.45. The standard InChI is InChI=1S/C26H29F3N8/c1-16-21(6-5-7-23(16)26(27,28)29)17(2)32-25-22-12-19(13-30-24(22)18(3)33-34-25)36-8-10-37(11-9-36)20-14-31-35(4)15-20/h5-7,12-15,17H,8-11H2,1-4H3,(H,32,34)/t17-/m1/s1. The number of benzene rings is 1. The number of fused-ring (bicyclic) bond motifs is 1. The molecule has 8 nitrogen and oxygen atoms in total. The summed E-state index contributed by atoms with van der Waals surface area (Å²) in [6, 6.07) is 5.87. The zero-order valence-corrected chi connectivity index (χ0v) is 21.2. The quantitative estimate of drug-likeness (QED) is 0.410. The van der Waals surface area contributed by atoms with Gasteiger partial charge in [-0.05, 0) is 44.0 Å². The first-order valence-electron chi connectivity index (χ1n) is 12.2. The maximum absolute atomic E-state index is 13.5. The van der Waals surface area contributed by atoms with Crippen LogP contribution in [0.2, 0.25) is 0 Å². The Morgan fingerprint density at radius 1 is 0.973 bits per heavy atom. The van der Waals surface area contributed by atoms with E-state index in [1.54, 1.807) is 10.7 Å². The molecule has 0 spiro atoms. The monoisotopic (exact) mass is 510 g/mol. The molecule has 1 aliphatic heterocycles. The van der Waals surface area contributed by atoms with Crippen LogP contribution in [0.4, 0.5) is 30.4 Å². The molecule has 11 heteroatoms. The molecular formula is C26H29F3N8. The molecule has 0 unspecified atom stereocenters. The summed E-state index contributed by atoms with van der Waals surface area (Å²) in [4.78, 5) is 9.26. The molecule has 1 aliphatic rings. The van der Waals surface area contributed by atoms with Crippen LogP contribution in [0.3, 0.4) is 0 Å². The van der Waals surface area contributed by atoms with Crippen LogP contribution in [-0.4, -0.2) is 51.1 Å². The molecule has 37 heavy (non-hydrogen) atoms. The average molecular weight is 511 g/mol. The van der Waals surface area contributed by atoms with Gasteiger partial charge in [-0.1, -0.05) is 12.1 Å². The second kappa shape index (κ2) is 9.53. The van der Waals surface area contributed by atoms with Crippen molar-refractivity contribution in [3.05, 3.63) is 65.2 Å². The number of alkyl halides is 3. The zero-order valence-electron chi connectivity index (χ0n) is 21.2. The molecule has 1 saturated heterocycles. The van der Waals surface area contributed by atoms with E-state index in [0.717, 1.165) is 49.0 Å². The third-order valence-electron chi connectivity index (χ3n) is 6.97. The third-order valence-corrected chi connectivity index (χ3v) is 6.97. The van der Waals surface area contributed by atoms with Gasteiger partial charge >= 0.3 is 6.18 Å². The van der Waals surface area contributed by atoms with Crippen molar-refractivity contribution >= 4 is 28.1 Å². The largest absolute Gasteiger partial charge is 0.416 e. The van der Waals surface area contributed by atoms with Crippen LogP contribution in [0.15, 0.2) is 42.9 Å². The number of rotatable bonds is 5. The fourth-order valence-corrected chi connectivity index (χ4v) is 4.94. The van der Waals surface area contributed by atoms with Gasteiger partial charge in [0.15, 0.2) is 5.82 Å². The molecule has 0 bridgehead atoms. The molecule has 1 fully saturated rings. The minimum atomic E-state index is -4.41. The number of nitrogens with one attached hydrogen (secondary N) is 1. The summed E-state index contributed by atoms with van der Waals surface area (Å²) < 4.78 is 42.2. The van der Waals surface area contributed by atoms with Gasteiger partial charge in [-0.2, -0.15) is 23.4 Å². The molecule has 4 aromatic rings. The van der Waals surface area contributed by atoms with Crippen LogP contribution < -0.4 is 15.1 Å². The van der Waals surface area contributed by atoms with E-state index in [0.29, 0.717) is 22.6 Å². The number of nitrogens with zero attached hydrogens (tertiary/aromatic N) is 7. The molecule has 0 aliphatic carbocycles. The van der Waals surface area contributed by atoms with E-state index in [2.05, 4.69) is 35.4 Å². The second-order valence-corrected chi connectivity index (χ2v) is 9.45. The normalized spacial score (nSPS) is 15.3. The van der Waals surface area contributed by atoms with Crippen LogP contribution in [0.5, 0.6) is 0 Å². The lowest BCUT2D eigenvalue weighted by Crippen LogP contribution is -2.46. The minimum absolute atomic E-state index is 0.199. The lowest BCUT2D eigenvalue weighted by atomic mass is 9.97. The van der Waals surface area contributed by atoms with Gasteiger partial charge in [-0.15, -0.1) is 5.10 Å². The van der Waals surface area contributed by atoms with Crippen molar-refractivity contribution < 1.29 is 13.2 Å². The smallest absolute Gasteiger partial charge is 0.367 e. The Morgan fingerprint density at radius 2 is 1.68 bits per heavy atom. The number of anilines is 3. The summed E-state index contributed by atoms with van der Waals surface area (Å²) in [6.45, 7) is 8.52. The van der Waals surface area contributed by atoms with Crippen LogP contribution in [0.25, 0.3) is 10.9 Å². The predicted octanol–water partition coefficient (Wildman–Crippen LogP) is 4.89. The molecule has 0 amide bonds. The highest BCUT2D eigenvalue weighted by Crippen LogP contribution is 2.36. The number of aryl methyl sites for hydroxylation is 2. The van der Waals surface area contributed by atoms with Gasteiger partial charge in [0.2, 0.25) is 0 Å². The first-order chi connectivity index (χ1) is 17.6. The van der Waals surface area contributed by atoms with E-state index < -0.39 is 17.8 Å². The lowest BCUT2D eigenvalue weighted by Gasteiger charge is -2.36. The van der Waals surface area contributed by atoms with Crippen molar-refractivity contribution in [1.82, 2.24) is 25.0 Å². The number of aromatic nitrogens is 5. The Hall–Kier alpha value is -3.89. The molecule has 194 valence electrons. The molecule has 4 heterocycles. The molecule has 0 saturated carbocycles. The highest BCUT2D eigenvalue weighted by atomic mass is 19.4. The molecule has 1 N–H and O–H groups in total. The van der Waals surface area contributed by atoms with Crippen molar-refractivity contribution in [1.29, 1.82) is 0 Å². The van der Waals surface area contributed by atoms with E-state index in [9.17, 15) is 13.2 Å². The van der Waals surface area contributed by atoms with Gasteiger partial charge in [0.25, 0.3) is 0 Å². The summed E-state index contributed by atoms with van der Waals surface area (Å²) in [5, 5.41) is 16.9. The minimum Gasteiger partial charge on any atom is -0.367 e. The summed E-state index contributed by atoms with van der Waals surface area (Å²) in [6.07, 6.45) is 1.33. The third kappa shape index (κ3) is 4.90. The summed E-state index contributed by atoms with van der Waals surface area (Å²) in [5.74, 6) is 0.494. The molecule has 5 rings (SSSR count). The van der Waals surface area contributed by atoms with Crippen molar-refractivity contribution in [3.8, 4) is 0 Å². The van der Waals surface area contributed by atoms with Crippen molar-refractivity contribution in [2.24, 2.45) is 7.05 Å². The summed E-state index contributed by atoms with van der Waals surface area (Å²) in [7, 11) is 1.91. The Labute approximate surface area is 213 Å². The Kier molecular flexibility index (Phi) is 6.38. The topological polar surface area (TPSA) is 75.0 Å². The molecular weight excluding hydrogens is 481 g/mol. The van der Waals surface area contributed by atoms with E-state index in [-0.39, 0.29) is 5.56 Å². The van der Waals surface area contributed by atoms with Gasteiger partial charge in [-0.25, -0.2) is 0 Å². The molecule has 1 aromatic carbocycles. The van der Waals surface area contributed by atoms with Crippen molar-refractivity contribution in [3.63, 3.8) is 0 Å². The van der Waals surface area contributed by atoms with Crippen LogP contribution in [0.1, 0.15) is 35.3 Å². The van der Waals surface area contributed by atoms with Gasteiger partial charge in [0, 0.05) is 44.8 Å². The van der Waals surface area contributed by atoms with Crippen LogP contribution in [-0.2, 0) is 13.2 Å². The van der Waals surface area contributed by atoms with Gasteiger partial charge in [0.1, 0.15) is 0 Å². The van der Waals surface area contributed by atoms with Crippen LogP contribution in [0, 0.1) is 13.8 Å². The first kappa shape index (κ1) is 24.8. The highest BCUT2D eigenvalue weighted by molar-refractivity contribution is 5.92. The Morgan fingerprint density at radius 3 is 2.32 bits per heavy atom. The first-order valence-corrected chi connectivity index (χ1v) is 12.2. The maximum atomic E-state index is 13.5. The lowest BCUT2D eigenvalue weighted by molar-refractivity contribution is -0.138. The van der Waals surface area contributed by atoms with E-state index in [1.165, 1.54) is 13.0 Å². The number of pyridine rings is 1. The van der Waals surface area contributed by atoms with Crippen LogP contribution >= 0.6 is 0 Å². The van der Waals surface area contributed by atoms with Crippen molar-refractivity contribution in [2.75, 3.05) is 41.3 Å². The highest BCUT2D eigenvalue weighted by Gasteiger charge is 2.33. The van der Waals surface area contributed by atoms with Gasteiger partial charge in [0.05, 0.1) is 46.6 Å².